The number of ether oxygens (including phenoxy) is 2. The van der Waals surface area contributed by atoms with E-state index in [1.807, 2.05) is 43.3 Å². The Morgan fingerprint density at radius 3 is 2.72 bits per heavy atom. The maximum Gasteiger partial charge on any atom is 0.248 e. The van der Waals surface area contributed by atoms with Crippen molar-refractivity contribution in [1.82, 2.24) is 4.57 Å². The lowest BCUT2D eigenvalue weighted by molar-refractivity contribution is -0.118. The van der Waals surface area contributed by atoms with E-state index in [1.54, 1.807) is 30.2 Å². The molecule has 0 aliphatic rings. The standard InChI is InChI=1S/C22H26N2O3S2/c1-3-27-15-14-24-19-7-4-5-8-20(19)29-22(24)23-21(25)9-6-16-28-18-12-10-17(26-2)11-13-18/h4-5,7-8,10-13H,3,6,9,14-16H2,1-2H3. The van der Waals surface area contributed by atoms with E-state index in [9.17, 15) is 4.79 Å². The van der Waals surface area contributed by atoms with Gasteiger partial charge in [-0.15, -0.1) is 11.8 Å². The molecule has 0 bridgehead atoms. The number of para-hydroxylation sites is 1. The van der Waals surface area contributed by atoms with Crippen LogP contribution in [-0.2, 0) is 16.1 Å². The number of benzene rings is 2. The number of methoxy groups -OCH3 is 1. The Hall–Kier alpha value is -2.09. The van der Waals surface area contributed by atoms with Gasteiger partial charge in [0, 0.05) is 24.5 Å². The number of aromatic nitrogens is 1. The van der Waals surface area contributed by atoms with E-state index < -0.39 is 0 Å². The van der Waals surface area contributed by atoms with Gasteiger partial charge in [0.25, 0.3) is 0 Å². The van der Waals surface area contributed by atoms with E-state index in [0.717, 1.165) is 32.9 Å². The number of carbonyl (C=O) groups excluding carboxylic acids is 1. The summed E-state index contributed by atoms with van der Waals surface area (Å²) in [5.74, 6) is 1.66. The molecule has 2 aromatic carbocycles. The maximum absolute atomic E-state index is 12.4. The van der Waals surface area contributed by atoms with Gasteiger partial charge in [0.15, 0.2) is 4.80 Å². The van der Waals surface area contributed by atoms with Crippen LogP contribution in [0.2, 0.25) is 0 Å². The van der Waals surface area contributed by atoms with Crippen molar-refractivity contribution in [1.29, 1.82) is 0 Å². The summed E-state index contributed by atoms with van der Waals surface area (Å²) in [4.78, 5) is 18.8. The minimum Gasteiger partial charge on any atom is -0.497 e. The number of fused-ring (bicyclic) bond motifs is 1. The van der Waals surface area contributed by atoms with Gasteiger partial charge in [-0.1, -0.05) is 23.5 Å². The molecule has 0 N–H and O–H groups in total. The molecule has 0 radical (unpaired) electrons. The molecule has 0 atom stereocenters. The van der Waals surface area contributed by atoms with Crippen LogP contribution in [0.15, 0.2) is 58.4 Å². The highest BCUT2D eigenvalue weighted by atomic mass is 32.2. The van der Waals surface area contributed by atoms with E-state index in [0.29, 0.717) is 26.2 Å². The Kier molecular flexibility index (Phi) is 8.34. The van der Waals surface area contributed by atoms with Crippen molar-refractivity contribution in [3.63, 3.8) is 0 Å². The highest BCUT2D eigenvalue weighted by Crippen LogP contribution is 2.22. The van der Waals surface area contributed by atoms with E-state index >= 15 is 0 Å². The first-order chi connectivity index (χ1) is 14.2. The van der Waals surface area contributed by atoms with E-state index in [4.69, 9.17) is 9.47 Å². The maximum atomic E-state index is 12.4. The number of rotatable bonds is 10. The monoisotopic (exact) mass is 430 g/mol. The summed E-state index contributed by atoms with van der Waals surface area (Å²) in [6, 6.07) is 16.1. The van der Waals surface area contributed by atoms with Crippen molar-refractivity contribution in [2.45, 2.75) is 31.2 Å². The van der Waals surface area contributed by atoms with Gasteiger partial charge in [0.05, 0.1) is 23.9 Å². The average Bonchev–Trinajstić information content (AvgIpc) is 3.09. The molecule has 1 amide bonds. The molecule has 0 spiro atoms. The molecule has 0 aliphatic carbocycles. The SMILES string of the molecule is CCOCCn1c(=NC(=O)CCCSc2ccc(OC)cc2)sc2ccccc21. The highest BCUT2D eigenvalue weighted by molar-refractivity contribution is 7.99. The van der Waals surface area contributed by atoms with Crippen LogP contribution in [0.1, 0.15) is 19.8 Å². The Morgan fingerprint density at radius 2 is 1.97 bits per heavy atom. The van der Waals surface area contributed by atoms with Crippen molar-refractivity contribution in [3.8, 4) is 5.75 Å². The van der Waals surface area contributed by atoms with Crippen molar-refractivity contribution in [2.75, 3.05) is 26.1 Å². The number of amides is 1. The third-order valence-corrected chi connectivity index (χ3v) is 6.49. The predicted octanol–water partition coefficient (Wildman–Crippen LogP) is 4.75. The number of hydrogen-bond acceptors (Lipinski definition) is 5. The summed E-state index contributed by atoms with van der Waals surface area (Å²) in [6.45, 7) is 3.96. The zero-order valence-corrected chi connectivity index (χ0v) is 18.4. The van der Waals surface area contributed by atoms with Crippen molar-refractivity contribution < 1.29 is 14.3 Å². The van der Waals surface area contributed by atoms with Crippen molar-refractivity contribution in [2.24, 2.45) is 4.99 Å². The largest absolute Gasteiger partial charge is 0.497 e. The second-order valence-corrected chi connectivity index (χ2v) is 8.51. The number of thioether (sulfide) groups is 1. The predicted molar refractivity (Wildman–Crippen MR) is 120 cm³/mol. The van der Waals surface area contributed by atoms with Gasteiger partial charge in [-0.05, 0) is 55.5 Å². The Labute approximate surface area is 179 Å². The molecular weight excluding hydrogens is 404 g/mol. The first-order valence-electron chi connectivity index (χ1n) is 9.71. The second kappa shape index (κ2) is 11.2. The molecule has 0 fully saturated rings. The van der Waals surface area contributed by atoms with Crippen LogP contribution in [0.25, 0.3) is 10.2 Å². The van der Waals surface area contributed by atoms with Crippen LogP contribution in [-0.4, -0.2) is 36.6 Å². The first-order valence-corrected chi connectivity index (χ1v) is 11.5. The summed E-state index contributed by atoms with van der Waals surface area (Å²) in [5.41, 5.74) is 1.10. The molecular formula is C22H26N2O3S2. The summed E-state index contributed by atoms with van der Waals surface area (Å²) in [7, 11) is 1.66. The molecule has 0 unspecified atom stereocenters. The molecule has 154 valence electrons. The zero-order chi connectivity index (χ0) is 20.5. The second-order valence-electron chi connectivity index (χ2n) is 6.33. The van der Waals surface area contributed by atoms with Crippen LogP contribution in [0.3, 0.4) is 0 Å². The summed E-state index contributed by atoms with van der Waals surface area (Å²) < 4.78 is 13.9. The van der Waals surface area contributed by atoms with E-state index in [1.165, 1.54) is 4.90 Å². The van der Waals surface area contributed by atoms with Gasteiger partial charge < -0.3 is 14.0 Å². The Bertz CT molecular complexity index is 993. The summed E-state index contributed by atoms with van der Waals surface area (Å²) in [6.07, 6.45) is 1.24. The Morgan fingerprint density at radius 1 is 1.17 bits per heavy atom. The number of carbonyl (C=O) groups is 1. The lowest BCUT2D eigenvalue weighted by atomic mass is 10.3. The Balaban J connectivity index is 1.60. The van der Waals surface area contributed by atoms with E-state index in [2.05, 4.69) is 21.7 Å². The van der Waals surface area contributed by atoms with Gasteiger partial charge in [0.1, 0.15) is 5.75 Å². The fraction of sp³-hybridized carbons (Fsp3) is 0.364. The van der Waals surface area contributed by atoms with E-state index in [-0.39, 0.29) is 5.91 Å². The molecule has 1 aromatic heterocycles. The van der Waals surface area contributed by atoms with Crippen LogP contribution < -0.4 is 9.54 Å². The average molecular weight is 431 g/mol. The van der Waals surface area contributed by atoms with Crippen molar-refractivity contribution in [3.05, 3.63) is 53.3 Å². The first kappa shape index (κ1) is 21.6. The van der Waals surface area contributed by atoms with Crippen LogP contribution in [0.4, 0.5) is 0 Å². The quantitative estimate of drug-likeness (QED) is 0.344. The van der Waals surface area contributed by atoms with Gasteiger partial charge >= 0.3 is 0 Å². The molecule has 0 aliphatic heterocycles. The minimum absolute atomic E-state index is 0.0722. The lowest BCUT2D eigenvalue weighted by Gasteiger charge is -2.05. The molecule has 7 heteroatoms. The molecule has 29 heavy (non-hydrogen) atoms. The molecule has 3 rings (SSSR count). The lowest BCUT2D eigenvalue weighted by Crippen LogP contribution is -2.19. The van der Waals surface area contributed by atoms with Gasteiger partial charge in [-0.3, -0.25) is 4.79 Å². The topological polar surface area (TPSA) is 52.8 Å². The zero-order valence-electron chi connectivity index (χ0n) is 16.8. The molecule has 0 saturated carbocycles. The summed E-state index contributed by atoms with van der Waals surface area (Å²) in [5, 5.41) is 0. The van der Waals surface area contributed by atoms with Gasteiger partial charge in [-0.25, -0.2) is 0 Å². The smallest absolute Gasteiger partial charge is 0.248 e. The fourth-order valence-corrected chi connectivity index (χ4v) is 4.80. The van der Waals surface area contributed by atoms with Crippen molar-refractivity contribution >= 4 is 39.2 Å². The minimum atomic E-state index is -0.0722. The molecule has 3 aromatic rings. The fourth-order valence-electron chi connectivity index (χ4n) is 2.87. The summed E-state index contributed by atoms with van der Waals surface area (Å²) >= 11 is 3.29. The third kappa shape index (κ3) is 6.19. The van der Waals surface area contributed by atoms with Gasteiger partial charge in [0.2, 0.25) is 5.91 Å². The van der Waals surface area contributed by atoms with Gasteiger partial charge in [-0.2, -0.15) is 4.99 Å². The van der Waals surface area contributed by atoms with Crippen LogP contribution in [0, 0.1) is 0 Å². The number of hydrogen-bond donors (Lipinski definition) is 0. The number of thiazole rings is 1. The molecule has 1 heterocycles. The molecule has 0 saturated heterocycles. The normalized spacial score (nSPS) is 11.9. The number of nitrogens with zero attached hydrogens (tertiary/aromatic N) is 2. The molecule has 5 nitrogen and oxygen atoms in total. The third-order valence-electron chi connectivity index (χ3n) is 4.34. The van der Waals surface area contributed by atoms with Crippen LogP contribution in [0.5, 0.6) is 5.75 Å². The van der Waals surface area contributed by atoms with Crippen LogP contribution >= 0.6 is 23.1 Å². The highest BCUT2D eigenvalue weighted by Gasteiger charge is 2.08.